The first-order chi connectivity index (χ1) is 8.20. The number of rotatable bonds is 4. The summed E-state index contributed by atoms with van der Waals surface area (Å²) in [5.74, 6) is 0.574. The first kappa shape index (κ1) is 12.6. The molecular formula is C12H10Br2O3. The summed E-state index contributed by atoms with van der Waals surface area (Å²) in [7, 11) is 0. The molecule has 0 saturated carbocycles. The first-order valence-electron chi connectivity index (χ1n) is 5.13. The van der Waals surface area contributed by atoms with Gasteiger partial charge in [0.15, 0.2) is 0 Å². The van der Waals surface area contributed by atoms with Crippen LogP contribution in [0.15, 0.2) is 37.9 Å². The van der Waals surface area contributed by atoms with Gasteiger partial charge in [-0.3, -0.25) is 0 Å². The summed E-state index contributed by atoms with van der Waals surface area (Å²) < 4.78 is 11.6. The number of ether oxygens (including phenoxy) is 1. The zero-order valence-electron chi connectivity index (χ0n) is 8.91. The Bertz CT molecular complexity index is 577. The third-order valence-electron chi connectivity index (χ3n) is 2.20. The average Bonchev–Trinajstić information content (AvgIpc) is 2.28. The molecule has 0 radical (unpaired) electrons. The van der Waals surface area contributed by atoms with Gasteiger partial charge in [0.1, 0.15) is 11.3 Å². The third-order valence-corrected chi connectivity index (χ3v) is 3.26. The second kappa shape index (κ2) is 5.69. The summed E-state index contributed by atoms with van der Waals surface area (Å²) in [5.41, 5.74) is 0.130. The van der Waals surface area contributed by atoms with Gasteiger partial charge in [-0.2, -0.15) is 0 Å². The Kier molecular flexibility index (Phi) is 4.23. The molecule has 0 bridgehead atoms. The van der Waals surface area contributed by atoms with E-state index in [0.717, 1.165) is 21.6 Å². The number of alkyl halides is 1. The van der Waals surface area contributed by atoms with Crippen LogP contribution in [0.4, 0.5) is 0 Å². The zero-order chi connectivity index (χ0) is 12.3. The Morgan fingerprint density at radius 1 is 1.29 bits per heavy atom. The normalized spacial score (nSPS) is 10.7. The lowest BCUT2D eigenvalue weighted by atomic mass is 10.2. The molecule has 0 saturated heterocycles. The van der Waals surface area contributed by atoms with Crippen LogP contribution >= 0.6 is 31.9 Å². The van der Waals surface area contributed by atoms with E-state index in [4.69, 9.17) is 9.15 Å². The maximum atomic E-state index is 11.4. The van der Waals surface area contributed by atoms with E-state index in [9.17, 15) is 4.79 Å². The van der Waals surface area contributed by atoms with Gasteiger partial charge in [-0.05, 0) is 24.6 Å². The van der Waals surface area contributed by atoms with Gasteiger partial charge in [-0.15, -0.1) is 0 Å². The van der Waals surface area contributed by atoms with E-state index in [-0.39, 0.29) is 0 Å². The van der Waals surface area contributed by atoms with Crippen LogP contribution in [-0.4, -0.2) is 11.9 Å². The molecule has 17 heavy (non-hydrogen) atoms. The molecular weight excluding hydrogens is 352 g/mol. The molecule has 0 aliphatic rings. The van der Waals surface area contributed by atoms with Crippen molar-refractivity contribution >= 4 is 42.8 Å². The van der Waals surface area contributed by atoms with Crippen LogP contribution in [0.1, 0.15) is 6.42 Å². The molecule has 0 aliphatic heterocycles. The average molecular weight is 362 g/mol. The number of hydrogen-bond acceptors (Lipinski definition) is 3. The summed E-state index contributed by atoms with van der Waals surface area (Å²) in [6.07, 6.45) is 0.887. The summed E-state index contributed by atoms with van der Waals surface area (Å²) in [6, 6.07) is 6.89. The fraction of sp³-hybridized carbons (Fsp3) is 0.250. The summed E-state index contributed by atoms with van der Waals surface area (Å²) in [5, 5.41) is 1.68. The summed E-state index contributed by atoms with van der Waals surface area (Å²) >= 11 is 6.67. The highest BCUT2D eigenvalue weighted by Gasteiger charge is 2.06. The molecule has 2 rings (SSSR count). The lowest BCUT2D eigenvalue weighted by Crippen LogP contribution is -2.03. The van der Waals surface area contributed by atoms with Crippen molar-refractivity contribution in [3.63, 3.8) is 0 Å². The van der Waals surface area contributed by atoms with Crippen molar-refractivity contribution in [2.24, 2.45) is 0 Å². The Balaban J connectivity index is 2.43. The van der Waals surface area contributed by atoms with Gasteiger partial charge in [-0.1, -0.05) is 31.9 Å². The molecule has 90 valence electrons. The standard InChI is InChI=1S/C12H10Br2O3/c13-4-1-5-16-10-7-12(15)17-11-6-8(14)2-3-9(10)11/h2-3,6-7H,1,4-5H2. The molecule has 1 heterocycles. The highest BCUT2D eigenvalue weighted by Crippen LogP contribution is 2.26. The predicted molar refractivity (Wildman–Crippen MR) is 74.1 cm³/mol. The van der Waals surface area contributed by atoms with Gasteiger partial charge in [-0.25, -0.2) is 4.79 Å². The fourth-order valence-corrected chi connectivity index (χ4v) is 2.03. The summed E-state index contributed by atoms with van der Waals surface area (Å²) in [4.78, 5) is 11.4. The predicted octanol–water partition coefficient (Wildman–Crippen LogP) is 3.72. The van der Waals surface area contributed by atoms with Gasteiger partial charge in [0.05, 0.1) is 18.1 Å². The van der Waals surface area contributed by atoms with Crippen molar-refractivity contribution in [1.29, 1.82) is 0 Å². The molecule has 5 heteroatoms. The van der Waals surface area contributed by atoms with Crippen molar-refractivity contribution in [2.75, 3.05) is 11.9 Å². The van der Waals surface area contributed by atoms with E-state index in [1.165, 1.54) is 6.07 Å². The molecule has 0 aliphatic carbocycles. The maximum absolute atomic E-state index is 11.4. The summed E-state index contributed by atoms with van der Waals surface area (Å²) in [6.45, 7) is 0.569. The van der Waals surface area contributed by atoms with Gasteiger partial charge >= 0.3 is 5.63 Å². The van der Waals surface area contributed by atoms with Gasteiger partial charge in [0, 0.05) is 9.80 Å². The molecule has 0 fully saturated rings. The van der Waals surface area contributed by atoms with Crippen molar-refractivity contribution in [3.05, 3.63) is 39.2 Å². The highest BCUT2D eigenvalue weighted by molar-refractivity contribution is 9.10. The lowest BCUT2D eigenvalue weighted by Gasteiger charge is -2.07. The smallest absolute Gasteiger partial charge is 0.339 e. The Morgan fingerprint density at radius 2 is 2.12 bits per heavy atom. The van der Waals surface area contributed by atoms with E-state index in [0.29, 0.717) is 17.9 Å². The van der Waals surface area contributed by atoms with Crippen molar-refractivity contribution in [3.8, 4) is 5.75 Å². The topological polar surface area (TPSA) is 39.4 Å². The second-order valence-electron chi connectivity index (χ2n) is 3.46. The Labute approximate surface area is 115 Å². The van der Waals surface area contributed by atoms with Crippen molar-refractivity contribution < 1.29 is 9.15 Å². The molecule has 0 spiro atoms. The van der Waals surface area contributed by atoms with Gasteiger partial charge in [0.25, 0.3) is 0 Å². The molecule has 2 aromatic rings. The maximum Gasteiger partial charge on any atom is 0.339 e. The van der Waals surface area contributed by atoms with E-state index in [1.54, 1.807) is 6.07 Å². The van der Waals surface area contributed by atoms with Gasteiger partial charge in [0.2, 0.25) is 0 Å². The second-order valence-corrected chi connectivity index (χ2v) is 5.17. The van der Waals surface area contributed by atoms with Crippen LogP contribution in [-0.2, 0) is 0 Å². The minimum atomic E-state index is -0.399. The van der Waals surface area contributed by atoms with E-state index < -0.39 is 5.63 Å². The fourth-order valence-electron chi connectivity index (χ4n) is 1.46. The largest absolute Gasteiger partial charge is 0.493 e. The number of fused-ring (bicyclic) bond motifs is 1. The first-order valence-corrected chi connectivity index (χ1v) is 7.04. The van der Waals surface area contributed by atoms with Crippen LogP contribution < -0.4 is 10.4 Å². The molecule has 1 aromatic heterocycles. The number of benzene rings is 1. The van der Waals surface area contributed by atoms with Crippen molar-refractivity contribution in [1.82, 2.24) is 0 Å². The van der Waals surface area contributed by atoms with Crippen LogP contribution in [0.25, 0.3) is 11.0 Å². The molecule has 0 unspecified atom stereocenters. The molecule has 0 N–H and O–H groups in total. The van der Waals surface area contributed by atoms with E-state index in [1.807, 2.05) is 12.1 Å². The van der Waals surface area contributed by atoms with Crippen LogP contribution in [0.2, 0.25) is 0 Å². The van der Waals surface area contributed by atoms with E-state index >= 15 is 0 Å². The molecule has 0 atom stereocenters. The third kappa shape index (κ3) is 3.10. The highest BCUT2D eigenvalue weighted by atomic mass is 79.9. The molecule has 1 aromatic carbocycles. The van der Waals surface area contributed by atoms with Crippen LogP contribution in [0.5, 0.6) is 5.75 Å². The number of hydrogen-bond donors (Lipinski definition) is 0. The van der Waals surface area contributed by atoms with Crippen molar-refractivity contribution in [2.45, 2.75) is 6.42 Å². The molecule has 0 amide bonds. The number of halogens is 2. The quantitative estimate of drug-likeness (QED) is 0.473. The lowest BCUT2D eigenvalue weighted by molar-refractivity contribution is 0.320. The SMILES string of the molecule is O=c1cc(OCCCBr)c2ccc(Br)cc2o1. The minimum Gasteiger partial charge on any atom is -0.493 e. The Morgan fingerprint density at radius 3 is 2.88 bits per heavy atom. The van der Waals surface area contributed by atoms with E-state index in [2.05, 4.69) is 31.9 Å². The van der Waals surface area contributed by atoms with Gasteiger partial charge < -0.3 is 9.15 Å². The monoisotopic (exact) mass is 360 g/mol. The molecule has 3 nitrogen and oxygen atoms in total. The Hall–Kier alpha value is -0.810. The zero-order valence-corrected chi connectivity index (χ0v) is 12.1. The van der Waals surface area contributed by atoms with Crippen LogP contribution in [0.3, 0.4) is 0 Å². The minimum absolute atomic E-state index is 0.399. The van der Waals surface area contributed by atoms with Crippen LogP contribution in [0, 0.1) is 0 Å².